The highest BCUT2D eigenvalue weighted by Crippen LogP contribution is 2.16. The summed E-state index contributed by atoms with van der Waals surface area (Å²) < 4.78 is 1.90. The second-order valence-electron chi connectivity index (χ2n) is 4.84. The van der Waals surface area contributed by atoms with Gasteiger partial charge in [0.2, 0.25) is 0 Å². The van der Waals surface area contributed by atoms with Crippen molar-refractivity contribution in [2.24, 2.45) is 0 Å². The van der Waals surface area contributed by atoms with Gasteiger partial charge in [-0.2, -0.15) is 5.10 Å². The fourth-order valence-corrected chi connectivity index (χ4v) is 2.47. The van der Waals surface area contributed by atoms with E-state index in [0.29, 0.717) is 6.54 Å². The molecule has 0 spiro atoms. The molecule has 3 aromatic rings. The number of aromatic nitrogens is 4. The van der Waals surface area contributed by atoms with Crippen molar-refractivity contribution < 1.29 is 0 Å². The highest BCUT2D eigenvalue weighted by atomic mass is 32.2. The molecule has 22 heavy (non-hydrogen) atoms. The topological polar surface area (TPSA) is 55.6 Å². The molecule has 0 aliphatic carbocycles. The zero-order valence-electron chi connectivity index (χ0n) is 12.5. The first kappa shape index (κ1) is 14.6. The van der Waals surface area contributed by atoms with Crippen molar-refractivity contribution in [2.75, 3.05) is 11.6 Å². The van der Waals surface area contributed by atoms with E-state index in [1.165, 1.54) is 0 Å². The van der Waals surface area contributed by atoms with E-state index in [4.69, 9.17) is 0 Å². The third kappa shape index (κ3) is 3.28. The Morgan fingerprint density at radius 3 is 2.64 bits per heavy atom. The molecule has 0 amide bonds. The van der Waals surface area contributed by atoms with Crippen LogP contribution in [0.15, 0.2) is 53.7 Å². The highest BCUT2D eigenvalue weighted by Gasteiger charge is 2.05. The summed E-state index contributed by atoms with van der Waals surface area (Å²) in [5.74, 6) is 0.768. The molecule has 0 saturated heterocycles. The first-order valence-electron chi connectivity index (χ1n) is 6.98. The van der Waals surface area contributed by atoms with Crippen molar-refractivity contribution in [3.8, 4) is 5.69 Å². The van der Waals surface area contributed by atoms with Crippen molar-refractivity contribution in [1.29, 1.82) is 0 Å². The Hall–Kier alpha value is -2.34. The van der Waals surface area contributed by atoms with Gasteiger partial charge in [0.25, 0.3) is 0 Å². The fourth-order valence-electron chi connectivity index (χ4n) is 2.14. The summed E-state index contributed by atoms with van der Waals surface area (Å²) >= 11 is 1.58. The molecule has 0 aliphatic heterocycles. The molecule has 0 atom stereocenters. The average molecular weight is 311 g/mol. The summed E-state index contributed by atoms with van der Waals surface area (Å²) in [6.45, 7) is 2.66. The van der Waals surface area contributed by atoms with Crippen LogP contribution in [0.4, 0.5) is 5.82 Å². The minimum Gasteiger partial charge on any atom is -0.364 e. The Balaban J connectivity index is 1.77. The molecule has 0 unspecified atom stereocenters. The van der Waals surface area contributed by atoms with Gasteiger partial charge in [0.1, 0.15) is 10.8 Å². The van der Waals surface area contributed by atoms with Crippen molar-refractivity contribution in [2.45, 2.75) is 18.5 Å². The number of nitrogens with zero attached hydrogens (tertiary/aromatic N) is 4. The summed E-state index contributed by atoms with van der Waals surface area (Å²) in [5.41, 5.74) is 3.22. The summed E-state index contributed by atoms with van der Waals surface area (Å²) in [4.78, 5) is 0. The maximum absolute atomic E-state index is 4.48. The first-order chi connectivity index (χ1) is 10.8. The van der Waals surface area contributed by atoms with E-state index < -0.39 is 0 Å². The quantitative estimate of drug-likeness (QED) is 0.733. The number of thioether (sulfide) groups is 1. The minimum atomic E-state index is 0.669. The molecule has 2 heterocycles. The molecule has 3 rings (SSSR count). The number of nitrogens with one attached hydrogen (secondary N) is 1. The predicted octanol–water partition coefficient (Wildman–Crippen LogP) is 3.30. The van der Waals surface area contributed by atoms with Crippen molar-refractivity contribution >= 4 is 17.6 Å². The van der Waals surface area contributed by atoms with Crippen LogP contribution < -0.4 is 5.32 Å². The average Bonchev–Trinajstić information content (AvgIpc) is 3.00. The van der Waals surface area contributed by atoms with Crippen LogP contribution in [0.1, 0.15) is 11.3 Å². The van der Waals surface area contributed by atoms with Crippen LogP contribution in [0.2, 0.25) is 0 Å². The predicted molar refractivity (Wildman–Crippen MR) is 89.4 cm³/mol. The second kappa shape index (κ2) is 6.62. The molecular formula is C16H17N5S. The molecule has 1 N–H and O–H groups in total. The van der Waals surface area contributed by atoms with Crippen LogP contribution in [0.25, 0.3) is 5.69 Å². The summed E-state index contributed by atoms with van der Waals surface area (Å²) in [7, 11) is 0. The van der Waals surface area contributed by atoms with E-state index in [2.05, 4.69) is 32.7 Å². The molecule has 0 fully saturated rings. The van der Waals surface area contributed by atoms with E-state index in [1.807, 2.05) is 54.4 Å². The van der Waals surface area contributed by atoms with E-state index >= 15 is 0 Å². The molecule has 2 aromatic heterocycles. The minimum absolute atomic E-state index is 0.669. The summed E-state index contributed by atoms with van der Waals surface area (Å²) in [6.07, 6.45) is 3.96. The number of hydrogen-bond acceptors (Lipinski definition) is 5. The van der Waals surface area contributed by atoms with Gasteiger partial charge in [-0.15, -0.1) is 22.0 Å². The lowest BCUT2D eigenvalue weighted by Gasteiger charge is -2.11. The Kier molecular flexibility index (Phi) is 4.39. The summed E-state index contributed by atoms with van der Waals surface area (Å²) in [6, 6.07) is 14.1. The fraction of sp³-hybridized carbons (Fsp3) is 0.188. The van der Waals surface area contributed by atoms with Gasteiger partial charge in [0.05, 0.1) is 11.4 Å². The summed E-state index contributed by atoms with van der Waals surface area (Å²) in [5, 5.41) is 17.0. The monoisotopic (exact) mass is 311 g/mol. The molecule has 5 nitrogen and oxygen atoms in total. The first-order valence-corrected chi connectivity index (χ1v) is 8.21. The third-order valence-corrected chi connectivity index (χ3v) is 3.91. The molecular weight excluding hydrogens is 294 g/mol. The maximum atomic E-state index is 4.48. The van der Waals surface area contributed by atoms with E-state index in [0.717, 1.165) is 27.8 Å². The smallest absolute Gasteiger partial charge is 0.148 e. The van der Waals surface area contributed by atoms with Crippen LogP contribution in [0.5, 0.6) is 0 Å². The van der Waals surface area contributed by atoms with Gasteiger partial charge < -0.3 is 5.32 Å². The van der Waals surface area contributed by atoms with Crippen LogP contribution in [0.3, 0.4) is 0 Å². The number of anilines is 1. The van der Waals surface area contributed by atoms with E-state index in [1.54, 1.807) is 11.8 Å². The Bertz CT molecular complexity index is 751. The lowest BCUT2D eigenvalue weighted by Crippen LogP contribution is -2.07. The molecule has 0 saturated carbocycles. The van der Waals surface area contributed by atoms with Gasteiger partial charge in [0, 0.05) is 12.7 Å². The number of para-hydroxylation sites is 1. The third-order valence-electron chi connectivity index (χ3n) is 3.27. The number of rotatable bonds is 5. The standard InChI is InChI=1S/C16H17N5S/c1-12-9-10-21(20-12)14-6-4-3-5-13(14)11-17-15-7-8-16(22-2)19-18-15/h3-10H,11H2,1-2H3,(H,17,18). The van der Waals surface area contributed by atoms with Gasteiger partial charge in [-0.3, -0.25) is 0 Å². The van der Waals surface area contributed by atoms with Crippen molar-refractivity contribution in [3.05, 3.63) is 59.9 Å². The number of hydrogen-bond donors (Lipinski definition) is 1. The van der Waals surface area contributed by atoms with E-state index in [-0.39, 0.29) is 0 Å². The molecule has 112 valence electrons. The van der Waals surface area contributed by atoms with Crippen molar-refractivity contribution in [3.63, 3.8) is 0 Å². The van der Waals surface area contributed by atoms with Gasteiger partial charge in [-0.05, 0) is 43.0 Å². The van der Waals surface area contributed by atoms with Gasteiger partial charge in [-0.25, -0.2) is 4.68 Å². The van der Waals surface area contributed by atoms with Crippen LogP contribution in [0, 0.1) is 6.92 Å². The molecule has 0 radical (unpaired) electrons. The van der Waals surface area contributed by atoms with E-state index in [9.17, 15) is 0 Å². The Morgan fingerprint density at radius 1 is 1.09 bits per heavy atom. The molecule has 0 bridgehead atoms. The highest BCUT2D eigenvalue weighted by molar-refractivity contribution is 7.98. The van der Waals surface area contributed by atoms with Gasteiger partial charge in [0.15, 0.2) is 0 Å². The second-order valence-corrected chi connectivity index (χ2v) is 5.67. The van der Waals surface area contributed by atoms with Crippen LogP contribution in [-0.4, -0.2) is 26.2 Å². The lowest BCUT2D eigenvalue weighted by atomic mass is 10.2. The van der Waals surface area contributed by atoms with Crippen molar-refractivity contribution in [1.82, 2.24) is 20.0 Å². The Labute approximate surface area is 133 Å². The van der Waals surface area contributed by atoms with Gasteiger partial charge >= 0.3 is 0 Å². The number of aryl methyl sites for hydroxylation is 1. The van der Waals surface area contributed by atoms with Crippen LogP contribution in [-0.2, 0) is 6.54 Å². The molecule has 0 aliphatic rings. The zero-order chi connectivity index (χ0) is 15.4. The largest absolute Gasteiger partial charge is 0.364 e. The van der Waals surface area contributed by atoms with Crippen LogP contribution >= 0.6 is 11.8 Å². The lowest BCUT2D eigenvalue weighted by molar-refractivity contribution is 0.846. The number of benzene rings is 1. The SMILES string of the molecule is CSc1ccc(NCc2ccccc2-n2ccc(C)n2)nn1. The molecule has 1 aromatic carbocycles. The van der Waals surface area contributed by atoms with Gasteiger partial charge in [-0.1, -0.05) is 18.2 Å². The zero-order valence-corrected chi connectivity index (χ0v) is 13.3. The molecule has 6 heteroatoms. The maximum Gasteiger partial charge on any atom is 0.148 e. The Morgan fingerprint density at radius 2 is 1.95 bits per heavy atom. The normalized spacial score (nSPS) is 10.6.